The molecule has 2 aliphatic rings. The zero-order chi connectivity index (χ0) is 24.2. The lowest BCUT2D eigenvalue weighted by molar-refractivity contribution is -0.150. The maximum atomic E-state index is 13.0. The van der Waals surface area contributed by atoms with Crippen molar-refractivity contribution in [3.63, 3.8) is 0 Å². The lowest BCUT2D eigenvalue weighted by Crippen LogP contribution is -2.59. The molecule has 0 unspecified atom stereocenters. The summed E-state index contributed by atoms with van der Waals surface area (Å²) in [4.78, 5) is 27.5. The summed E-state index contributed by atoms with van der Waals surface area (Å²) in [7, 11) is 0. The second kappa shape index (κ2) is 10.9. The number of amides is 2. The molecule has 6 heteroatoms. The first-order valence-corrected chi connectivity index (χ1v) is 12.7. The number of nitrogens with one attached hydrogen (secondary N) is 1. The van der Waals surface area contributed by atoms with Gasteiger partial charge in [0.2, 0.25) is 5.91 Å². The number of nitrogens with zero attached hydrogens (tertiary/aromatic N) is 1. The van der Waals surface area contributed by atoms with Gasteiger partial charge in [-0.25, -0.2) is 0 Å². The minimum Gasteiger partial charge on any atom is -0.484 e. The smallest absolute Gasteiger partial charge is 0.258 e. The number of hydrogen-bond donors (Lipinski definition) is 2. The average molecular weight is 459 g/mol. The molecule has 33 heavy (non-hydrogen) atoms. The number of aliphatic hydroxyl groups excluding tert-OH is 1. The van der Waals surface area contributed by atoms with Crippen LogP contribution in [-0.4, -0.2) is 53.7 Å². The largest absolute Gasteiger partial charge is 0.484 e. The van der Waals surface area contributed by atoms with E-state index in [0.29, 0.717) is 18.8 Å². The van der Waals surface area contributed by atoms with Crippen molar-refractivity contribution >= 4 is 11.8 Å². The van der Waals surface area contributed by atoms with Crippen molar-refractivity contribution in [1.82, 2.24) is 10.2 Å². The van der Waals surface area contributed by atoms with Gasteiger partial charge in [0, 0.05) is 25.0 Å². The van der Waals surface area contributed by atoms with E-state index in [4.69, 9.17) is 4.74 Å². The lowest BCUT2D eigenvalue weighted by Gasteiger charge is -2.56. The Balaban J connectivity index is 1.65. The normalized spacial score (nSPS) is 32.4. The molecular formula is C27H42N2O4. The van der Waals surface area contributed by atoms with Crippen molar-refractivity contribution in [2.24, 2.45) is 29.1 Å². The summed E-state index contributed by atoms with van der Waals surface area (Å²) >= 11 is 0. The quantitative estimate of drug-likeness (QED) is 0.620. The Morgan fingerprint density at radius 3 is 2.45 bits per heavy atom. The van der Waals surface area contributed by atoms with Gasteiger partial charge in [-0.1, -0.05) is 39.0 Å². The number of fused-ring (bicyclic) bond motifs is 1. The van der Waals surface area contributed by atoms with Gasteiger partial charge in [-0.05, 0) is 74.8 Å². The Kier molecular flexibility index (Phi) is 8.43. The van der Waals surface area contributed by atoms with Crippen LogP contribution in [0.25, 0.3) is 0 Å². The predicted octanol–water partition coefficient (Wildman–Crippen LogP) is 3.88. The number of ether oxygens (including phenoxy) is 1. The SMILES string of the molecule is CCN(CC)C(=O)[C@@H](C)[C@H]1CC[C@]2(C)CC[C@H](NC(=O)COc3ccccc3)[C@@H](C)[C@@H]2[C@H]1O. The van der Waals surface area contributed by atoms with Crippen LogP contribution >= 0.6 is 0 Å². The van der Waals surface area contributed by atoms with Crippen molar-refractivity contribution < 1.29 is 19.4 Å². The van der Waals surface area contributed by atoms with Gasteiger partial charge in [-0.2, -0.15) is 0 Å². The van der Waals surface area contributed by atoms with E-state index in [1.807, 2.05) is 56.0 Å². The number of carbonyl (C=O) groups excluding carboxylic acids is 2. The fourth-order valence-corrected chi connectivity index (χ4v) is 6.42. The average Bonchev–Trinajstić information content (AvgIpc) is 2.81. The van der Waals surface area contributed by atoms with Crippen molar-refractivity contribution in [2.75, 3.05) is 19.7 Å². The molecule has 0 bridgehead atoms. The van der Waals surface area contributed by atoms with Crippen LogP contribution in [0.1, 0.15) is 60.3 Å². The number of para-hydroxylation sites is 1. The highest BCUT2D eigenvalue weighted by atomic mass is 16.5. The van der Waals surface area contributed by atoms with E-state index in [-0.39, 0.29) is 53.5 Å². The van der Waals surface area contributed by atoms with Crippen molar-refractivity contribution in [2.45, 2.75) is 72.4 Å². The molecule has 0 heterocycles. The Labute approximate surface area is 199 Å². The summed E-state index contributed by atoms with van der Waals surface area (Å²) in [5, 5.41) is 14.7. The minimum absolute atomic E-state index is 0.00265. The zero-order valence-electron chi connectivity index (χ0n) is 20.9. The van der Waals surface area contributed by atoms with Gasteiger partial charge in [-0.3, -0.25) is 9.59 Å². The fourth-order valence-electron chi connectivity index (χ4n) is 6.42. The highest BCUT2D eigenvalue weighted by molar-refractivity contribution is 5.79. The van der Waals surface area contributed by atoms with E-state index in [0.717, 1.165) is 25.7 Å². The maximum Gasteiger partial charge on any atom is 0.258 e. The van der Waals surface area contributed by atoms with Gasteiger partial charge in [0.25, 0.3) is 5.91 Å². The van der Waals surface area contributed by atoms with E-state index >= 15 is 0 Å². The molecule has 184 valence electrons. The molecule has 6 nitrogen and oxygen atoms in total. The second-order valence-electron chi connectivity index (χ2n) is 10.3. The molecule has 2 N–H and O–H groups in total. The molecule has 1 aromatic carbocycles. The Morgan fingerprint density at radius 1 is 1.18 bits per heavy atom. The number of hydrogen-bond acceptors (Lipinski definition) is 4. The van der Waals surface area contributed by atoms with Gasteiger partial charge >= 0.3 is 0 Å². The summed E-state index contributed by atoms with van der Waals surface area (Å²) in [6.07, 6.45) is 3.20. The number of benzene rings is 1. The zero-order valence-corrected chi connectivity index (χ0v) is 20.9. The van der Waals surface area contributed by atoms with Crippen LogP contribution in [0.2, 0.25) is 0 Å². The van der Waals surface area contributed by atoms with Gasteiger partial charge < -0.3 is 20.1 Å². The van der Waals surface area contributed by atoms with Crippen LogP contribution in [0.4, 0.5) is 0 Å². The standard InChI is InChI=1S/C27H42N2O4/c1-6-29(7-2)26(32)18(3)21-13-15-27(5)16-14-22(19(4)24(27)25(21)31)28-23(30)17-33-20-11-9-8-10-12-20/h8-12,18-19,21-22,24-25,31H,6-7,13-17H2,1-5H3,(H,28,30)/t18-,19+,21+,22-,24+,25-,27+/m0/s1. The molecular weight excluding hydrogens is 416 g/mol. The topological polar surface area (TPSA) is 78.9 Å². The third-order valence-corrected chi connectivity index (χ3v) is 8.45. The molecule has 7 atom stereocenters. The Morgan fingerprint density at radius 2 is 1.82 bits per heavy atom. The van der Waals surface area contributed by atoms with Crippen molar-refractivity contribution in [1.29, 1.82) is 0 Å². The molecule has 2 amide bonds. The third-order valence-electron chi connectivity index (χ3n) is 8.45. The first kappa shape index (κ1) is 25.5. The fraction of sp³-hybridized carbons (Fsp3) is 0.704. The Bertz CT molecular complexity index is 797. The van der Waals surface area contributed by atoms with Gasteiger partial charge in [0.1, 0.15) is 5.75 Å². The van der Waals surface area contributed by atoms with E-state index in [9.17, 15) is 14.7 Å². The van der Waals surface area contributed by atoms with Crippen LogP contribution in [0.3, 0.4) is 0 Å². The van der Waals surface area contributed by atoms with E-state index in [1.54, 1.807) is 0 Å². The first-order chi connectivity index (χ1) is 15.7. The summed E-state index contributed by atoms with van der Waals surface area (Å²) in [5.74, 6) is 0.607. The van der Waals surface area contributed by atoms with Gasteiger partial charge in [0.15, 0.2) is 6.61 Å². The van der Waals surface area contributed by atoms with E-state index < -0.39 is 6.10 Å². The number of rotatable bonds is 8. The molecule has 0 spiro atoms. The number of carbonyl (C=O) groups is 2. The molecule has 1 aromatic rings. The summed E-state index contributed by atoms with van der Waals surface area (Å²) in [5.41, 5.74) is 0.0368. The molecule has 0 aromatic heterocycles. The third kappa shape index (κ3) is 5.53. The molecule has 0 aliphatic heterocycles. The van der Waals surface area contributed by atoms with Crippen LogP contribution in [0.15, 0.2) is 30.3 Å². The highest BCUT2D eigenvalue weighted by Gasteiger charge is 2.54. The van der Waals surface area contributed by atoms with Crippen LogP contribution < -0.4 is 10.1 Å². The molecule has 3 rings (SSSR count). The van der Waals surface area contributed by atoms with E-state index in [2.05, 4.69) is 19.2 Å². The summed E-state index contributed by atoms with van der Waals surface area (Å²) in [6.45, 7) is 11.8. The first-order valence-electron chi connectivity index (χ1n) is 12.7. The summed E-state index contributed by atoms with van der Waals surface area (Å²) in [6, 6.07) is 9.33. The molecule has 2 aliphatic carbocycles. The van der Waals surface area contributed by atoms with Crippen LogP contribution in [0.5, 0.6) is 5.75 Å². The van der Waals surface area contributed by atoms with Crippen molar-refractivity contribution in [3.05, 3.63) is 30.3 Å². The minimum atomic E-state index is -0.548. The second-order valence-corrected chi connectivity index (χ2v) is 10.3. The molecule has 0 saturated heterocycles. The van der Waals surface area contributed by atoms with Crippen LogP contribution in [0, 0.1) is 29.1 Å². The maximum absolute atomic E-state index is 13.0. The summed E-state index contributed by atoms with van der Waals surface area (Å²) < 4.78 is 5.61. The van der Waals surface area contributed by atoms with E-state index in [1.165, 1.54) is 0 Å². The highest BCUT2D eigenvalue weighted by Crippen LogP contribution is 2.55. The molecule has 2 saturated carbocycles. The monoisotopic (exact) mass is 458 g/mol. The van der Waals surface area contributed by atoms with Crippen LogP contribution in [-0.2, 0) is 9.59 Å². The van der Waals surface area contributed by atoms with Gasteiger partial charge in [-0.15, -0.1) is 0 Å². The van der Waals surface area contributed by atoms with Gasteiger partial charge in [0.05, 0.1) is 6.10 Å². The number of aliphatic hydroxyl groups is 1. The predicted molar refractivity (Wildman–Crippen MR) is 130 cm³/mol. The van der Waals surface area contributed by atoms with Crippen molar-refractivity contribution in [3.8, 4) is 5.75 Å². The molecule has 0 radical (unpaired) electrons. The molecule has 2 fully saturated rings. The Hall–Kier alpha value is -2.08. The lowest BCUT2D eigenvalue weighted by atomic mass is 9.51.